The molecular weight excluding hydrogens is 420 g/mol. The predicted octanol–water partition coefficient (Wildman–Crippen LogP) is 0.355. The summed E-state index contributed by atoms with van der Waals surface area (Å²) in [6, 6.07) is 11.3. The van der Waals surface area contributed by atoms with E-state index in [-0.39, 0.29) is 22.5 Å². The second kappa shape index (κ2) is 10.5. The van der Waals surface area contributed by atoms with Gasteiger partial charge in [0.25, 0.3) is 5.91 Å². The summed E-state index contributed by atoms with van der Waals surface area (Å²) in [6.45, 7) is 1.29. The van der Waals surface area contributed by atoms with Crippen molar-refractivity contribution in [2.45, 2.75) is 23.8 Å². The SMILES string of the molecule is COC1CCN(C(=O)c2ccc(-c3cccc(S(N)(=O)=O)c3C(=N)N)cc2)CC1.NN. The Balaban J connectivity index is 0.00000166. The largest absolute Gasteiger partial charge is 0.384 e. The topological polar surface area (TPSA) is 192 Å². The fourth-order valence-corrected chi connectivity index (χ4v) is 4.33. The van der Waals surface area contributed by atoms with E-state index in [1.165, 1.54) is 6.07 Å². The van der Waals surface area contributed by atoms with Gasteiger partial charge in [-0.25, -0.2) is 13.6 Å². The van der Waals surface area contributed by atoms with Crippen molar-refractivity contribution in [1.29, 1.82) is 5.41 Å². The van der Waals surface area contributed by atoms with Crippen LogP contribution >= 0.6 is 0 Å². The monoisotopic (exact) mass is 448 g/mol. The van der Waals surface area contributed by atoms with Gasteiger partial charge in [-0.05, 0) is 42.2 Å². The molecule has 0 aliphatic carbocycles. The number of rotatable bonds is 5. The summed E-state index contributed by atoms with van der Waals surface area (Å²) < 4.78 is 29.1. The highest BCUT2D eigenvalue weighted by atomic mass is 32.2. The molecular formula is C20H28N6O4S. The lowest BCUT2D eigenvalue weighted by atomic mass is 9.97. The fourth-order valence-electron chi connectivity index (χ4n) is 3.56. The molecule has 0 atom stereocenters. The lowest BCUT2D eigenvalue weighted by molar-refractivity contribution is 0.0351. The van der Waals surface area contributed by atoms with Crippen LogP contribution in [0.15, 0.2) is 47.4 Å². The molecule has 31 heavy (non-hydrogen) atoms. The lowest BCUT2D eigenvalue weighted by Gasteiger charge is -2.31. The summed E-state index contributed by atoms with van der Waals surface area (Å²) in [5, 5.41) is 13.1. The maximum atomic E-state index is 12.7. The highest BCUT2D eigenvalue weighted by Gasteiger charge is 2.24. The van der Waals surface area contributed by atoms with Gasteiger partial charge in [0.05, 0.1) is 11.0 Å². The number of hydrogen-bond acceptors (Lipinski definition) is 7. The Morgan fingerprint density at radius 3 is 2.16 bits per heavy atom. The highest BCUT2D eigenvalue weighted by Crippen LogP contribution is 2.29. The number of likely N-dealkylation sites (tertiary alicyclic amines) is 1. The number of benzene rings is 2. The van der Waals surface area contributed by atoms with Gasteiger partial charge < -0.3 is 15.4 Å². The first-order chi connectivity index (χ1) is 14.7. The third-order valence-electron chi connectivity index (χ3n) is 5.11. The molecule has 2 aromatic rings. The van der Waals surface area contributed by atoms with Crippen LogP contribution in [0.4, 0.5) is 0 Å². The van der Waals surface area contributed by atoms with Gasteiger partial charge >= 0.3 is 0 Å². The van der Waals surface area contributed by atoms with E-state index in [1.807, 2.05) is 0 Å². The van der Waals surface area contributed by atoms with Crippen LogP contribution < -0.4 is 22.6 Å². The van der Waals surface area contributed by atoms with E-state index in [9.17, 15) is 13.2 Å². The standard InChI is InChI=1S/C20H24N4O4S.H4N2/c1-28-15-9-11-24(12-10-15)20(25)14-7-5-13(6-8-14)16-3-2-4-17(29(23,26)27)18(16)19(21)22;1-2/h2-8,15H,9-12H2,1H3,(H3,21,22)(H2,23,26,27);1-2H2. The molecule has 168 valence electrons. The first kappa shape index (κ1) is 24.4. The summed E-state index contributed by atoms with van der Waals surface area (Å²) in [4.78, 5) is 14.3. The Kier molecular flexibility index (Phi) is 8.25. The van der Waals surface area contributed by atoms with Gasteiger partial charge in [-0.1, -0.05) is 24.3 Å². The average Bonchev–Trinajstić information content (AvgIpc) is 2.79. The summed E-state index contributed by atoms with van der Waals surface area (Å²) in [5.74, 6) is 7.54. The van der Waals surface area contributed by atoms with Crippen molar-refractivity contribution in [2.24, 2.45) is 22.6 Å². The predicted molar refractivity (Wildman–Crippen MR) is 119 cm³/mol. The Morgan fingerprint density at radius 1 is 1.10 bits per heavy atom. The van der Waals surface area contributed by atoms with Gasteiger partial charge in [0, 0.05) is 31.3 Å². The number of hydrogen-bond donors (Lipinski definition) is 5. The molecule has 1 fully saturated rings. The van der Waals surface area contributed by atoms with Crippen molar-refractivity contribution < 1.29 is 17.9 Å². The van der Waals surface area contributed by atoms with Gasteiger partial charge in [-0.2, -0.15) is 0 Å². The third kappa shape index (κ3) is 5.66. The van der Waals surface area contributed by atoms with E-state index >= 15 is 0 Å². The Morgan fingerprint density at radius 2 is 1.68 bits per heavy atom. The molecule has 0 radical (unpaired) electrons. The highest BCUT2D eigenvalue weighted by molar-refractivity contribution is 7.89. The first-order valence-electron chi connectivity index (χ1n) is 9.48. The second-order valence-electron chi connectivity index (χ2n) is 6.94. The molecule has 2 aromatic carbocycles. The molecule has 0 bridgehead atoms. The number of amides is 1. The zero-order valence-corrected chi connectivity index (χ0v) is 18.1. The number of sulfonamides is 1. The molecule has 1 heterocycles. The molecule has 9 N–H and O–H groups in total. The minimum atomic E-state index is -4.04. The first-order valence-corrected chi connectivity index (χ1v) is 11.0. The van der Waals surface area contributed by atoms with Crippen LogP contribution in [-0.2, 0) is 14.8 Å². The van der Waals surface area contributed by atoms with Gasteiger partial charge in [-0.3, -0.25) is 21.9 Å². The van der Waals surface area contributed by atoms with E-state index in [0.717, 1.165) is 12.8 Å². The Labute approximate surface area is 181 Å². The Bertz CT molecular complexity index is 1030. The molecule has 3 rings (SSSR count). The molecule has 1 saturated heterocycles. The summed E-state index contributed by atoms with van der Waals surface area (Å²) >= 11 is 0. The van der Waals surface area contributed by atoms with Crippen LogP contribution in [0.5, 0.6) is 0 Å². The number of nitrogens with two attached hydrogens (primary N) is 4. The lowest BCUT2D eigenvalue weighted by Crippen LogP contribution is -2.40. The van der Waals surface area contributed by atoms with Gasteiger partial charge in [0.15, 0.2) is 0 Å². The van der Waals surface area contributed by atoms with Crippen molar-refractivity contribution in [2.75, 3.05) is 20.2 Å². The van der Waals surface area contributed by atoms with Crippen LogP contribution in [0.1, 0.15) is 28.8 Å². The maximum absolute atomic E-state index is 12.7. The maximum Gasteiger partial charge on any atom is 0.253 e. The van der Waals surface area contributed by atoms with Gasteiger partial charge in [0.2, 0.25) is 10.0 Å². The number of hydrazine groups is 1. The minimum Gasteiger partial charge on any atom is -0.384 e. The number of carbonyl (C=O) groups is 1. The van der Waals surface area contributed by atoms with Crippen molar-refractivity contribution in [3.05, 3.63) is 53.6 Å². The smallest absolute Gasteiger partial charge is 0.253 e. The van der Waals surface area contributed by atoms with Crippen molar-refractivity contribution in [3.63, 3.8) is 0 Å². The molecule has 0 spiro atoms. The van der Waals surface area contributed by atoms with Gasteiger partial charge in [-0.15, -0.1) is 0 Å². The molecule has 0 unspecified atom stereocenters. The molecule has 1 aliphatic rings. The van der Waals surface area contributed by atoms with Crippen molar-refractivity contribution >= 4 is 21.8 Å². The molecule has 11 heteroatoms. The number of ether oxygens (including phenoxy) is 1. The quantitative estimate of drug-likeness (QED) is 0.188. The zero-order chi connectivity index (χ0) is 23.2. The van der Waals surface area contributed by atoms with Crippen LogP contribution in [0.3, 0.4) is 0 Å². The number of methoxy groups -OCH3 is 1. The van der Waals surface area contributed by atoms with E-state index in [4.69, 9.17) is 21.0 Å². The fraction of sp³-hybridized carbons (Fsp3) is 0.300. The summed E-state index contributed by atoms with van der Waals surface area (Å²) in [7, 11) is -2.36. The van der Waals surface area contributed by atoms with E-state index in [2.05, 4.69) is 11.7 Å². The average molecular weight is 449 g/mol. The number of nitrogen functional groups attached to an aromatic ring is 1. The Hall–Kier alpha value is -2.83. The third-order valence-corrected chi connectivity index (χ3v) is 6.06. The van der Waals surface area contributed by atoms with Crippen molar-refractivity contribution in [3.8, 4) is 11.1 Å². The van der Waals surface area contributed by atoms with E-state index in [0.29, 0.717) is 29.8 Å². The number of piperidine rings is 1. The second-order valence-corrected chi connectivity index (χ2v) is 8.47. The number of nitrogens with zero attached hydrogens (tertiary/aromatic N) is 1. The van der Waals surface area contributed by atoms with Crippen LogP contribution in [-0.4, -0.2) is 51.4 Å². The zero-order valence-electron chi connectivity index (χ0n) is 17.2. The number of carbonyl (C=O) groups excluding carboxylic acids is 1. The van der Waals surface area contributed by atoms with Crippen LogP contribution in [0.25, 0.3) is 11.1 Å². The molecule has 1 amide bonds. The summed E-state index contributed by atoms with van der Waals surface area (Å²) in [6.07, 6.45) is 1.81. The van der Waals surface area contributed by atoms with Crippen LogP contribution in [0, 0.1) is 5.41 Å². The molecule has 10 nitrogen and oxygen atoms in total. The van der Waals surface area contributed by atoms with Crippen LogP contribution in [0.2, 0.25) is 0 Å². The van der Waals surface area contributed by atoms with E-state index in [1.54, 1.807) is 48.4 Å². The van der Waals surface area contributed by atoms with Crippen molar-refractivity contribution in [1.82, 2.24) is 4.90 Å². The molecule has 0 aromatic heterocycles. The number of nitrogens with one attached hydrogen (secondary N) is 1. The molecule has 1 aliphatic heterocycles. The summed E-state index contributed by atoms with van der Waals surface area (Å²) in [5.41, 5.74) is 7.33. The van der Waals surface area contributed by atoms with Gasteiger partial charge in [0.1, 0.15) is 5.84 Å². The minimum absolute atomic E-state index is 0.0516. The molecule has 0 saturated carbocycles. The normalized spacial score (nSPS) is 14.5. The number of amidine groups is 1. The number of primary sulfonamides is 1. The van der Waals surface area contributed by atoms with E-state index < -0.39 is 15.9 Å².